The molecular formula is C41H49N7O6. The van der Waals surface area contributed by atoms with Gasteiger partial charge in [0.15, 0.2) is 0 Å². The lowest BCUT2D eigenvalue weighted by Gasteiger charge is -2.61. The number of anilines is 1. The average molecular weight is 736 g/mol. The number of allylic oxidation sites excluding steroid dienone is 2. The summed E-state index contributed by atoms with van der Waals surface area (Å²) in [7, 11) is 0. The van der Waals surface area contributed by atoms with Gasteiger partial charge in [0.1, 0.15) is 12.2 Å². The number of cyclic esters (lactones) is 1. The zero-order valence-electron chi connectivity index (χ0n) is 30.9. The van der Waals surface area contributed by atoms with E-state index in [1.165, 1.54) is 0 Å². The number of aliphatic imine (C=N–C) groups is 1. The van der Waals surface area contributed by atoms with Crippen LogP contribution < -0.4 is 10.6 Å². The van der Waals surface area contributed by atoms with Crippen LogP contribution in [0.3, 0.4) is 0 Å². The number of carbonyl (C=O) groups is 3. The second-order valence-corrected chi connectivity index (χ2v) is 17.2. The van der Waals surface area contributed by atoms with E-state index in [0.29, 0.717) is 47.6 Å². The quantitative estimate of drug-likeness (QED) is 0.236. The van der Waals surface area contributed by atoms with E-state index in [0.717, 1.165) is 57.1 Å². The number of imidazole rings is 1. The molecule has 6 atom stereocenters. The number of esters is 1. The maximum Gasteiger partial charge on any atom is 0.343 e. The molecule has 7 heterocycles. The molecule has 2 aliphatic carbocycles. The van der Waals surface area contributed by atoms with Gasteiger partial charge in [-0.25, -0.2) is 14.8 Å². The van der Waals surface area contributed by atoms with Gasteiger partial charge in [-0.05, 0) is 66.4 Å². The molecule has 4 N–H and O–H groups in total. The van der Waals surface area contributed by atoms with Crippen molar-refractivity contribution in [1.82, 2.24) is 24.7 Å². The third-order valence-electron chi connectivity index (χ3n) is 13.8. The Kier molecular flexibility index (Phi) is 8.75. The zero-order valence-corrected chi connectivity index (χ0v) is 30.9. The lowest BCUT2D eigenvalue weighted by molar-refractivity contribution is -0.147. The molecular weight excluding hydrogens is 686 g/mol. The van der Waals surface area contributed by atoms with Crippen LogP contribution in [0.4, 0.5) is 11.6 Å². The van der Waals surface area contributed by atoms with Crippen molar-refractivity contribution in [2.45, 2.75) is 58.2 Å². The first-order valence-electron chi connectivity index (χ1n) is 19.3. The first kappa shape index (κ1) is 35.3. The van der Waals surface area contributed by atoms with E-state index in [-0.39, 0.29) is 54.1 Å². The number of aliphatic hydroxyl groups is 2. The lowest BCUT2D eigenvalue weighted by Crippen LogP contribution is -2.71. The van der Waals surface area contributed by atoms with Crippen molar-refractivity contribution < 1.29 is 29.3 Å². The topological polar surface area (TPSA) is 162 Å². The highest BCUT2D eigenvalue weighted by Gasteiger charge is 2.60. The molecule has 2 aromatic rings. The van der Waals surface area contributed by atoms with Crippen LogP contribution in [0.25, 0.3) is 6.08 Å². The van der Waals surface area contributed by atoms with Gasteiger partial charge in [0.05, 0.1) is 25.0 Å². The van der Waals surface area contributed by atoms with Crippen molar-refractivity contribution in [3.05, 3.63) is 71.8 Å². The smallest absolute Gasteiger partial charge is 0.343 e. The van der Waals surface area contributed by atoms with Crippen molar-refractivity contribution in [2.24, 2.45) is 45.4 Å². The highest BCUT2D eigenvalue weighted by molar-refractivity contribution is 6.03. The molecule has 6 fully saturated rings. The third-order valence-corrected chi connectivity index (χ3v) is 13.8. The molecule has 6 aliphatic heterocycles. The SMILES string of the molecule is C[C@]12CC[C@@H](O)[C@@](C)(CO)C1CC1=Nc3nccn3CC1C2/C=C/C1=CC(=C\c2ccc(NC(=O)CC(=O)NC3C4CN5CC3CN(C4)C5)cc2)/OC1=O. The molecule has 13 heteroatoms. The fourth-order valence-electron chi connectivity index (χ4n) is 11.0. The Labute approximate surface area is 314 Å². The third kappa shape index (κ3) is 6.15. The van der Waals surface area contributed by atoms with E-state index in [1.807, 2.05) is 31.3 Å². The molecule has 1 aromatic heterocycles. The number of nitrogens with zero attached hydrogens (tertiary/aromatic N) is 5. The van der Waals surface area contributed by atoms with E-state index in [9.17, 15) is 24.6 Å². The Morgan fingerprint density at radius 1 is 1.06 bits per heavy atom. The van der Waals surface area contributed by atoms with Crippen molar-refractivity contribution >= 4 is 41.2 Å². The summed E-state index contributed by atoms with van der Waals surface area (Å²) in [5.41, 5.74) is 1.90. The molecule has 3 unspecified atom stereocenters. The second-order valence-electron chi connectivity index (χ2n) is 17.2. The van der Waals surface area contributed by atoms with E-state index in [2.05, 4.69) is 43.0 Å². The van der Waals surface area contributed by atoms with Gasteiger partial charge in [-0.15, -0.1) is 0 Å². The van der Waals surface area contributed by atoms with Crippen molar-refractivity contribution in [3.8, 4) is 0 Å². The molecule has 4 bridgehead atoms. The van der Waals surface area contributed by atoms with Gasteiger partial charge in [0.2, 0.25) is 17.8 Å². The van der Waals surface area contributed by atoms with Gasteiger partial charge in [-0.2, -0.15) is 0 Å². The van der Waals surface area contributed by atoms with Crippen molar-refractivity contribution in [1.29, 1.82) is 0 Å². The minimum atomic E-state index is -0.681. The van der Waals surface area contributed by atoms with Crippen molar-refractivity contribution in [3.63, 3.8) is 0 Å². The predicted molar refractivity (Wildman–Crippen MR) is 201 cm³/mol. The zero-order chi connectivity index (χ0) is 37.4. The summed E-state index contributed by atoms with van der Waals surface area (Å²) in [6, 6.07) is 7.31. The Morgan fingerprint density at radius 2 is 1.80 bits per heavy atom. The number of carbonyl (C=O) groups excluding carboxylic acids is 3. The van der Waals surface area contributed by atoms with Crippen LogP contribution in [-0.2, 0) is 25.7 Å². The van der Waals surface area contributed by atoms with Gasteiger partial charge in [-0.1, -0.05) is 38.1 Å². The van der Waals surface area contributed by atoms with Crippen LogP contribution in [-0.4, -0.2) is 105 Å². The summed E-state index contributed by atoms with van der Waals surface area (Å²) in [4.78, 5) is 53.0. The van der Waals surface area contributed by atoms with Gasteiger partial charge >= 0.3 is 5.97 Å². The minimum Gasteiger partial charge on any atom is -0.423 e. The summed E-state index contributed by atoms with van der Waals surface area (Å²) < 4.78 is 7.72. The van der Waals surface area contributed by atoms with Crippen LogP contribution in [0.1, 0.15) is 45.1 Å². The summed E-state index contributed by atoms with van der Waals surface area (Å²) in [6.07, 6.45) is 12.4. The molecule has 1 aromatic carbocycles. The summed E-state index contributed by atoms with van der Waals surface area (Å²) in [5, 5.41) is 27.7. The molecule has 4 saturated heterocycles. The Hall–Kier alpha value is -4.43. The fraction of sp³-hybridized carbons (Fsp3) is 0.537. The number of aliphatic hydroxyl groups excluding tert-OH is 2. The minimum absolute atomic E-state index is 0.00620. The first-order valence-corrected chi connectivity index (χ1v) is 19.3. The molecule has 284 valence electrons. The van der Waals surface area contributed by atoms with Crippen LogP contribution in [0.5, 0.6) is 0 Å². The lowest BCUT2D eigenvalue weighted by atomic mass is 9.45. The number of hydrogen-bond acceptors (Lipinski definition) is 10. The molecule has 2 saturated carbocycles. The van der Waals surface area contributed by atoms with Gasteiger partial charge in [-0.3, -0.25) is 19.4 Å². The van der Waals surface area contributed by atoms with E-state index >= 15 is 0 Å². The van der Waals surface area contributed by atoms with Crippen LogP contribution in [0.15, 0.2) is 71.2 Å². The molecule has 0 spiro atoms. The number of aromatic nitrogens is 2. The Morgan fingerprint density at radius 3 is 2.52 bits per heavy atom. The maximum atomic E-state index is 13.1. The fourth-order valence-corrected chi connectivity index (χ4v) is 11.0. The molecule has 2 amide bonds. The number of hydrogen-bond donors (Lipinski definition) is 4. The summed E-state index contributed by atoms with van der Waals surface area (Å²) in [6.45, 7) is 9.90. The number of ether oxygens (including phenoxy) is 1. The van der Waals surface area contributed by atoms with Gasteiger partial charge in [0.25, 0.3) is 0 Å². The highest BCUT2D eigenvalue weighted by atomic mass is 16.5. The molecule has 10 rings (SSSR count). The Bertz CT molecular complexity index is 1960. The van der Waals surface area contributed by atoms with Crippen molar-refractivity contribution in [2.75, 3.05) is 44.8 Å². The largest absolute Gasteiger partial charge is 0.423 e. The number of piperidine rings is 2. The number of nitrogens with one attached hydrogen (secondary N) is 2. The molecule has 0 radical (unpaired) electrons. The van der Waals surface area contributed by atoms with Gasteiger partial charge < -0.3 is 30.2 Å². The number of fused-ring (bicyclic) bond motifs is 3. The van der Waals surface area contributed by atoms with Gasteiger partial charge in [0, 0.05) is 85.7 Å². The number of benzene rings is 1. The van der Waals surface area contributed by atoms with E-state index in [4.69, 9.17) is 9.73 Å². The summed E-state index contributed by atoms with van der Waals surface area (Å²) >= 11 is 0. The maximum absolute atomic E-state index is 13.1. The molecule has 8 aliphatic rings. The highest BCUT2D eigenvalue weighted by Crippen LogP contribution is 2.61. The van der Waals surface area contributed by atoms with E-state index < -0.39 is 17.5 Å². The summed E-state index contributed by atoms with van der Waals surface area (Å²) in [5.74, 6) is 0.943. The normalized spacial score (nSPS) is 38.3. The first-order chi connectivity index (χ1) is 26.0. The predicted octanol–water partition coefficient (Wildman–Crippen LogP) is 3.11. The number of amides is 2. The number of rotatable bonds is 8. The van der Waals surface area contributed by atoms with E-state index in [1.54, 1.807) is 30.5 Å². The van der Waals surface area contributed by atoms with Crippen LogP contribution in [0.2, 0.25) is 0 Å². The standard InChI is InChI=1S/C41H49N7O6/c1-40-10-9-34(50)41(2,22-49)33(40)15-32-30(21-48-12-11-42-39(48)44-32)31(40)8-5-25-14-29(54-38(25)53)13-24-3-6-28(7-4-24)43-35(51)16-36(52)45-37-26-17-46-19-27(37)20-47(18-26)23-46/h3-8,11-14,26-27,30-31,33-34,37,49-50H,9-10,15-23H2,1-2H3,(H,43,51)(H,45,52)/b8-5+,29-13+/t26?,27?,30?,31?,33?,34-,37?,40-,41+/m1/s1. The van der Waals surface area contributed by atoms with Crippen LogP contribution >= 0.6 is 0 Å². The molecule has 13 nitrogen and oxygen atoms in total. The second kappa shape index (κ2) is 13.4. The van der Waals surface area contributed by atoms with Crippen LogP contribution in [0, 0.1) is 40.4 Å². The Balaban J connectivity index is 0.864. The average Bonchev–Trinajstić information content (AvgIpc) is 3.75. The monoisotopic (exact) mass is 735 g/mol. The molecule has 54 heavy (non-hydrogen) atoms.